The van der Waals surface area contributed by atoms with Crippen molar-refractivity contribution in [3.05, 3.63) is 0 Å². The van der Waals surface area contributed by atoms with Crippen molar-refractivity contribution in [1.29, 1.82) is 0 Å². The fraction of sp³-hybridized carbons (Fsp3) is 1.00. The molecule has 152 valence electrons. The molecule has 2 atom stereocenters. The van der Waals surface area contributed by atoms with Crippen LogP contribution in [0.4, 0.5) is 0 Å². The summed E-state index contributed by atoms with van der Waals surface area (Å²) in [7, 11) is -4.17. The van der Waals surface area contributed by atoms with E-state index in [-0.39, 0.29) is 0 Å². The zero-order valence-electron chi connectivity index (χ0n) is 15.3. The number of hydrogen-bond donors (Lipinski definition) is 4. The lowest BCUT2D eigenvalue weighted by Crippen LogP contribution is -2.11. The fourth-order valence-corrected chi connectivity index (χ4v) is 5.50. The molecule has 0 spiro atoms. The number of rotatable bonds is 6. The van der Waals surface area contributed by atoms with E-state index < -0.39 is 10.3 Å². The van der Waals surface area contributed by atoms with Crippen LogP contribution in [0.15, 0.2) is 0 Å². The highest BCUT2D eigenvalue weighted by Gasteiger charge is 2.12. The summed E-state index contributed by atoms with van der Waals surface area (Å²) in [4.78, 5) is 0. The van der Waals surface area contributed by atoms with Crippen molar-refractivity contribution in [2.45, 2.75) is 74.7 Å². The summed E-state index contributed by atoms with van der Waals surface area (Å²) in [6.07, 6.45) is 13.8. The van der Waals surface area contributed by atoms with E-state index in [0.717, 1.165) is 23.6 Å². The van der Waals surface area contributed by atoms with Crippen LogP contribution < -0.4 is 16.6 Å². The molecule has 2 rings (SSSR count). The van der Waals surface area contributed by atoms with Crippen molar-refractivity contribution in [3.8, 4) is 0 Å². The smallest absolute Gasteiger partial charge is 0.330 e. The zero-order chi connectivity index (χ0) is 19.0. The Labute approximate surface area is 162 Å². The summed E-state index contributed by atoms with van der Waals surface area (Å²) < 4.78 is 25.2. The fourth-order valence-electron chi connectivity index (χ4n) is 2.76. The molecule has 6 nitrogen and oxygen atoms in total. The van der Waals surface area contributed by atoms with Gasteiger partial charge in [-0.3, -0.25) is 4.55 Å². The summed E-state index contributed by atoms with van der Waals surface area (Å²) in [5.74, 6) is 2.77. The van der Waals surface area contributed by atoms with Crippen molar-refractivity contribution in [2.24, 2.45) is 16.6 Å². The molecule has 2 aliphatic heterocycles. The van der Waals surface area contributed by atoms with E-state index in [1.807, 2.05) is 0 Å². The van der Waals surface area contributed by atoms with Crippen LogP contribution in [0.1, 0.15) is 64.2 Å². The van der Waals surface area contributed by atoms with Crippen molar-refractivity contribution < 1.29 is 13.0 Å². The van der Waals surface area contributed by atoms with Crippen LogP contribution in [0.2, 0.25) is 0 Å². The third-order valence-corrected chi connectivity index (χ3v) is 6.94. The molecule has 0 aromatic rings. The summed E-state index contributed by atoms with van der Waals surface area (Å²) in [5.41, 5.74) is 10.9. The highest BCUT2D eigenvalue weighted by Crippen LogP contribution is 2.28. The van der Waals surface area contributed by atoms with Gasteiger partial charge in [0.25, 0.3) is 0 Å². The Morgan fingerprint density at radius 2 is 1.20 bits per heavy atom. The molecule has 7 N–H and O–H groups in total. The van der Waals surface area contributed by atoms with Gasteiger partial charge in [-0.05, 0) is 76.0 Å². The molecule has 25 heavy (non-hydrogen) atoms. The lowest BCUT2D eigenvalue weighted by Gasteiger charge is -2.20. The SMILES string of the molecule is NCCCC1CCCCS1.NCCCC1CCCCS1.NS(=O)(=O)O. The first-order chi connectivity index (χ1) is 11.9. The molecular formula is C16H37N3O3S3. The normalized spacial score (nSPS) is 23.7. The van der Waals surface area contributed by atoms with E-state index in [1.54, 1.807) is 0 Å². The predicted molar refractivity (Wildman–Crippen MR) is 113 cm³/mol. The average molecular weight is 416 g/mol. The second kappa shape index (κ2) is 16.6. The lowest BCUT2D eigenvalue weighted by molar-refractivity contribution is 0.485. The lowest BCUT2D eigenvalue weighted by atomic mass is 10.1. The topological polar surface area (TPSA) is 132 Å². The molecule has 2 fully saturated rings. The van der Waals surface area contributed by atoms with Crippen molar-refractivity contribution in [3.63, 3.8) is 0 Å². The number of hydrogen-bond acceptors (Lipinski definition) is 6. The molecule has 0 saturated carbocycles. The summed E-state index contributed by atoms with van der Waals surface area (Å²) >= 11 is 4.30. The first-order valence-electron chi connectivity index (χ1n) is 9.25. The third kappa shape index (κ3) is 20.7. The van der Waals surface area contributed by atoms with Crippen LogP contribution in [0.3, 0.4) is 0 Å². The standard InChI is InChI=1S/2C8H17NS.H3NO3S/c2*9-6-3-5-8-4-1-2-7-10-8;1-5(2,3)4/h2*8H,1-7,9H2;(H3,1,2,3,4). The van der Waals surface area contributed by atoms with Gasteiger partial charge in [0, 0.05) is 10.5 Å². The van der Waals surface area contributed by atoms with Gasteiger partial charge in [-0.15, -0.1) is 0 Å². The van der Waals surface area contributed by atoms with E-state index in [0.29, 0.717) is 0 Å². The van der Waals surface area contributed by atoms with E-state index in [9.17, 15) is 0 Å². The Balaban J connectivity index is 0.000000368. The Morgan fingerprint density at radius 1 is 0.840 bits per heavy atom. The van der Waals surface area contributed by atoms with Crippen LogP contribution >= 0.6 is 23.5 Å². The van der Waals surface area contributed by atoms with Gasteiger partial charge in [-0.1, -0.05) is 12.8 Å². The number of thioether (sulfide) groups is 2. The maximum atomic E-state index is 8.97. The largest absolute Gasteiger partial charge is 0.330 e. The molecule has 0 aromatic heterocycles. The molecule has 0 amide bonds. The van der Waals surface area contributed by atoms with E-state index >= 15 is 0 Å². The quantitative estimate of drug-likeness (QED) is 0.490. The third-order valence-electron chi connectivity index (χ3n) is 4.01. The molecular weight excluding hydrogens is 378 g/mol. The van der Waals surface area contributed by atoms with Crippen LogP contribution in [-0.4, -0.2) is 48.1 Å². The number of nitrogens with two attached hydrogens (primary N) is 3. The maximum absolute atomic E-state index is 8.97. The predicted octanol–water partition coefficient (Wildman–Crippen LogP) is 2.77. The van der Waals surface area contributed by atoms with Crippen LogP contribution in [0.5, 0.6) is 0 Å². The Hall–Kier alpha value is 0.490. The molecule has 2 unspecified atom stereocenters. The van der Waals surface area contributed by atoms with Gasteiger partial charge in [-0.25, -0.2) is 5.14 Å². The summed E-state index contributed by atoms with van der Waals surface area (Å²) in [6, 6.07) is 0. The Bertz CT molecular complexity index is 355. The first kappa shape index (κ1) is 25.5. The first-order valence-corrected chi connectivity index (χ1v) is 12.9. The van der Waals surface area contributed by atoms with Gasteiger partial charge in [0.05, 0.1) is 0 Å². The van der Waals surface area contributed by atoms with Gasteiger partial charge < -0.3 is 11.5 Å². The average Bonchev–Trinajstić information content (AvgIpc) is 2.59. The van der Waals surface area contributed by atoms with E-state index in [2.05, 4.69) is 28.7 Å². The minimum absolute atomic E-state index is 0.872. The van der Waals surface area contributed by atoms with Gasteiger partial charge in [0.1, 0.15) is 0 Å². The van der Waals surface area contributed by atoms with Crippen LogP contribution in [0.25, 0.3) is 0 Å². The van der Waals surface area contributed by atoms with Crippen LogP contribution in [0, 0.1) is 0 Å². The molecule has 2 aliphatic rings. The van der Waals surface area contributed by atoms with Gasteiger partial charge >= 0.3 is 10.3 Å². The highest BCUT2D eigenvalue weighted by atomic mass is 32.2. The maximum Gasteiger partial charge on any atom is 0.330 e. The molecule has 0 aliphatic carbocycles. The van der Waals surface area contributed by atoms with Gasteiger partial charge in [-0.2, -0.15) is 31.9 Å². The van der Waals surface area contributed by atoms with Crippen molar-refractivity contribution in [2.75, 3.05) is 24.6 Å². The monoisotopic (exact) mass is 415 g/mol. The van der Waals surface area contributed by atoms with Crippen molar-refractivity contribution in [1.82, 2.24) is 0 Å². The molecule has 0 bridgehead atoms. The Kier molecular flexibility index (Phi) is 17.0. The minimum atomic E-state index is -4.17. The Morgan fingerprint density at radius 3 is 1.44 bits per heavy atom. The van der Waals surface area contributed by atoms with E-state index in [4.69, 9.17) is 24.4 Å². The molecule has 2 saturated heterocycles. The second-order valence-corrected chi connectivity index (χ2v) is 10.2. The van der Waals surface area contributed by atoms with Crippen LogP contribution in [-0.2, 0) is 10.3 Å². The van der Waals surface area contributed by atoms with E-state index in [1.165, 1.54) is 75.7 Å². The molecule has 0 radical (unpaired) electrons. The van der Waals surface area contributed by atoms with Gasteiger partial charge in [0.2, 0.25) is 0 Å². The van der Waals surface area contributed by atoms with Crippen molar-refractivity contribution >= 4 is 33.8 Å². The summed E-state index contributed by atoms with van der Waals surface area (Å²) in [6.45, 7) is 1.74. The molecule has 9 heteroatoms. The second-order valence-electron chi connectivity index (χ2n) is 6.35. The molecule has 2 heterocycles. The highest BCUT2D eigenvalue weighted by molar-refractivity contribution is 8.00. The zero-order valence-corrected chi connectivity index (χ0v) is 17.7. The van der Waals surface area contributed by atoms with Gasteiger partial charge in [0.15, 0.2) is 0 Å². The minimum Gasteiger partial charge on any atom is -0.330 e. The summed E-state index contributed by atoms with van der Waals surface area (Å²) in [5, 5.41) is 5.77. The molecule has 0 aromatic carbocycles.